The number of hydrogen-bond donors (Lipinski definition) is 0. The second-order valence-corrected chi connectivity index (χ2v) is 7.98. The Bertz CT molecular complexity index is 808. The highest BCUT2D eigenvalue weighted by atomic mass is 19.2. The first-order valence-electron chi connectivity index (χ1n) is 8.56. The molecule has 1 aromatic carbocycles. The molecule has 6 heteroatoms. The lowest BCUT2D eigenvalue weighted by Crippen LogP contribution is -2.61. The van der Waals surface area contributed by atoms with Crippen LogP contribution < -0.4 is 0 Å². The van der Waals surface area contributed by atoms with Gasteiger partial charge in [0.25, 0.3) is 0 Å². The number of aliphatic imine (C=N–C) groups is 1. The molecule has 2 aliphatic rings. The van der Waals surface area contributed by atoms with E-state index in [-0.39, 0.29) is 30.1 Å². The van der Waals surface area contributed by atoms with Crippen molar-refractivity contribution in [2.75, 3.05) is 19.6 Å². The molecular formula is C20H22F2N2O2. The Morgan fingerprint density at radius 2 is 1.96 bits per heavy atom. The lowest BCUT2D eigenvalue weighted by Gasteiger charge is -2.53. The number of ketones is 1. The molecule has 1 saturated heterocycles. The number of rotatable bonds is 4. The van der Waals surface area contributed by atoms with Crippen molar-refractivity contribution in [3.63, 3.8) is 0 Å². The van der Waals surface area contributed by atoms with Crippen LogP contribution in [-0.4, -0.2) is 42.9 Å². The maximum atomic E-state index is 13.3. The van der Waals surface area contributed by atoms with Gasteiger partial charge in [0.05, 0.1) is 13.0 Å². The lowest BCUT2D eigenvalue weighted by molar-refractivity contribution is -0.143. The number of Topliss-reactive ketones (excluding diaryl/α,β-unsaturated/α-hetero) is 1. The highest BCUT2D eigenvalue weighted by Crippen LogP contribution is 2.48. The Morgan fingerprint density at radius 3 is 2.58 bits per heavy atom. The van der Waals surface area contributed by atoms with Crippen molar-refractivity contribution >= 4 is 18.4 Å². The van der Waals surface area contributed by atoms with Crippen molar-refractivity contribution < 1.29 is 18.4 Å². The molecule has 138 valence electrons. The van der Waals surface area contributed by atoms with Gasteiger partial charge in [-0.05, 0) is 30.8 Å². The van der Waals surface area contributed by atoms with Gasteiger partial charge in [0, 0.05) is 29.5 Å². The number of benzene rings is 1. The summed E-state index contributed by atoms with van der Waals surface area (Å²) >= 11 is 0. The molecule has 4 nitrogen and oxygen atoms in total. The number of likely N-dealkylation sites (tertiary alicyclic amines) is 1. The van der Waals surface area contributed by atoms with E-state index < -0.39 is 17.0 Å². The van der Waals surface area contributed by atoms with Gasteiger partial charge in [-0.25, -0.2) is 8.78 Å². The molecule has 1 amide bonds. The summed E-state index contributed by atoms with van der Waals surface area (Å²) in [4.78, 5) is 30.5. The molecule has 0 N–H and O–H groups in total. The Balaban J connectivity index is 1.70. The molecule has 1 aliphatic carbocycles. The first kappa shape index (κ1) is 18.4. The fourth-order valence-corrected chi connectivity index (χ4v) is 4.15. The third-order valence-electron chi connectivity index (χ3n) is 5.17. The van der Waals surface area contributed by atoms with Crippen LogP contribution in [0.3, 0.4) is 0 Å². The molecule has 26 heavy (non-hydrogen) atoms. The standard InChI is InChI=1S/C20H22F2N2O2/c1-19(2)10-20(8-14(9-23-3)18(19)26)11-24(12-20)17(25)7-13-4-5-15(21)16(22)6-13/h4-6,8H,3,7,9-12H2,1-2H3. The molecule has 0 unspecified atom stereocenters. The Hall–Kier alpha value is -2.37. The third kappa shape index (κ3) is 3.32. The largest absolute Gasteiger partial charge is 0.341 e. The summed E-state index contributed by atoms with van der Waals surface area (Å²) in [5.74, 6) is -1.92. The summed E-state index contributed by atoms with van der Waals surface area (Å²) in [7, 11) is 0. The minimum atomic E-state index is -0.951. The van der Waals surface area contributed by atoms with Crippen LogP contribution in [0.5, 0.6) is 0 Å². The second-order valence-electron chi connectivity index (χ2n) is 7.98. The lowest BCUT2D eigenvalue weighted by atomic mass is 9.61. The predicted octanol–water partition coefficient (Wildman–Crippen LogP) is 2.96. The van der Waals surface area contributed by atoms with E-state index in [0.29, 0.717) is 30.6 Å². The summed E-state index contributed by atoms with van der Waals surface area (Å²) in [5, 5.41) is 0. The quantitative estimate of drug-likeness (QED) is 0.775. The minimum absolute atomic E-state index is 0.0282. The second kappa shape index (κ2) is 6.41. The van der Waals surface area contributed by atoms with Crippen LogP contribution >= 0.6 is 0 Å². The third-order valence-corrected chi connectivity index (χ3v) is 5.17. The number of carbonyl (C=O) groups is 2. The van der Waals surface area contributed by atoms with E-state index in [9.17, 15) is 18.4 Å². The summed E-state index contributed by atoms with van der Waals surface area (Å²) in [6.07, 6.45) is 2.66. The van der Waals surface area contributed by atoms with Crippen LogP contribution in [0.1, 0.15) is 25.8 Å². The number of nitrogens with zero attached hydrogens (tertiary/aromatic N) is 2. The van der Waals surface area contributed by atoms with E-state index in [1.165, 1.54) is 6.07 Å². The summed E-state index contributed by atoms with van der Waals surface area (Å²) < 4.78 is 26.3. The monoisotopic (exact) mass is 360 g/mol. The van der Waals surface area contributed by atoms with Crippen LogP contribution in [0.25, 0.3) is 0 Å². The normalized spacial score (nSPS) is 20.5. The summed E-state index contributed by atoms with van der Waals surface area (Å²) in [6.45, 7) is 8.62. The van der Waals surface area contributed by atoms with Gasteiger partial charge in [-0.15, -0.1) is 0 Å². The molecule has 1 heterocycles. The van der Waals surface area contributed by atoms with Crippen LogP contribution in [-0.2, 0) is 16.0 Å². The topological polar surface area (TPSA) is 49.7 Å². The van der Waals surface area contributed by atoms with Gasteiger partial charge in [-0.3, -0.25) is 14.6 Å². The highest BCUT2D eigenvalue weighted by Gasteiger charge is 2.51. The molecule has 3 rings (SSSR count). The van der Waals surface area contributed by atoms with Crippen molar-refractivity contribution in [1.82, 2.24) is 4.90 Å². The van der Waals surface area contributed by atoms with Gasteiger partial charge in [-0.1, -0.05) is 26.0 Å². The molecule has 1 aromatic rings. The number of halogens is 2. The van der Waals surface area contributed by atoms with Crippen molar-refractivity contribution in [2.24, 2.45) is 15.8 Å². The van der Waals surface area contributed by atoms with E-state index in [1.807, 2.05) is 19.9 Å². The zero-order valence-corrected chi connectivity index (χ0v) is 15.0. The van der Waals surface area contributed by atoms with Gasteiger partial charge in [0.15, 0.2) is 17.4 Å². The first-order chi connectivity index (χ1) is 12.2. The maximum absolute atomic E-state index is 13.3. The first-order valence-corrected chi connectivity index (χ1v) is 8.56. The summed E-state index contributed by atoms with van der Waals surface area (Å²) in [6, 6.07) is 3.50. The SMILES string of the molecule is C=NCC1=CC2(CN(C(=O)Cc3ccc(F)c(F)c3)C2)CC(C)(C)C1=O. The molecule has 1 spiro atoms. The molecule has 1 fully saturated rings. The van der Waals surface area contributed by atoms with Gasteiger partial charge in [0.1, 0.15) is 0 Å². The Morgan fingerprint density at radius 1 is 1.27 bits per heavy atom. The smallest absolute Gasteiger partial charge is 0.227 e. The average molecular weight is 360 g/mol. The molecular weight excluding hydrogens is 338 g/mol. The van der Waals surface area contributed by atoms with Gasteiger partial charge in [0.2, 0.25) is 5.91 Å². The fraction of sp³-hybridized carbons (Fsp3) is 0.450. The van der Waals surface area contributed by atoms with Crippen LogP contribution in [0.2, 0.25) is 0 Å². The van der Waals surface area contributed by atoms with Crippen LogP contribution in [0.4, 0.5) is 8.78 Å². The zero-order chi connectivity index (χ0) is 19.1. The Kier molecular flexibility index (Phi) is 4.54. The van der Waals surface area contributed by atoms with Crippen molar-refractivity contribution in [1.29, 1.82) is 0 Å². The molecule has 0 atom stereocenters. The van der Waals surface area contributed by atoms with Crippen LogP contribution in [0.15, 0.2) is 34.8 Å². The number of amides is 1. The highest BCUT2D eigenvalue weighted by molar-refractivity contribution is 6.01. The van der Waals surface area contributed by atoms with Crippen molar-refractivity contribution in [3.05, 3.63) is 47.0 Å². The molecule has 0 radical (unpaired) electrons. The van der Waals surface area contributed by atoms with E-state index in [4.69, 9.17) is 0 Å². The Labute approximate surface area is 151 Å². The van der Waals surface area contributed by atoms with E-state index in [1.54, 1.807) is 4.90 Å². The molecule has 0 aromatic heterocycles. The summed E-state index contributed by atoms with van der Waals surface area (Å²) in [5.41, 5.74) is 0.385. The van der Waals surface area contributed by atoms with Gasteiger partial charge >= 0.3 is 0 Å². The fourth-order valence-electron chi connectivity index (χ4n) is 4.15. The molecule has 0 saturated carbocycles. The van der Waals surface area contributed by atoms with Crippen molar-refractivity contribution in [3.8, 4) is 0 Å². The van der Waals surface area contributed by atoms with Crippen LogP contribution in [0, 0.1) is 22.5 Å². The maximum Gasteiger partial charge on any atom is 0.227 e. The molecule has 0 bridgehead atoms. The van der Waals surface area contributed by atoms with E-state index in [0.717, 1.165) is 12.1 Å². The number of carbonyl (C=O) groups excluding carboxylic acids is 2. The minimum Gasteiger partial charge on any atom is -0.341 e. The van der Waals surface area contributed by atoms with E-state index in [2.05, 4.69) is 11.7 Å². The van der Waals surface area contributed by atoms with E-state index >= 15 is 0 Å². The predicted molar refractivity (Wildman–Crippen MR) is 95.0 cm³/mol. The average Bonchev–Trinajstić information content (AvgIpc) is 2.53. The van der Waals surface area contributed by atoms with Crippen molar-refractivity contribution in [2.45, 2.75) is 26.7 Å². The van der Waals surface area contributed by atoms with Gasteiger partial charge in [-0.2, -0.15) is 0 Å². The van der Waals surface area contributed by atoms with Gasteiger partial charge < -0.3 is 4.90 Å². The zero-order valence-electron chi connectivity index (χ0n) is 15.0. The molecule has 1 aliphatic heterocycles. The number of hydrogen-bond acceptors (Lipinski definition) is 3.